The van der Waals surface area contributed by atoms with Gasteiger partial charge < -0.3 is 10.2 Å². The minimum Gasteiger partial charge on any atom is -0.333 e. The van der Waals surface area contributed by atoms with E-state index in [1.165, 1.54) is 4.31 Å². The van der Waals surface area contributed by atoms with E-state index < -0.39 is 10.0 Å². The van der Waals surface area contributed by atoms with Gasteiger partial charge in [0.2, 0.25) is 10.0 Å². The third-order valence-electron chi connectivity index (χ3n) is 4.59. The van der Waals surface area contributed by atoms with Crippen LogP contribution in [-0.4, -0.2) is 57.2 Å². The van der Waals surface area contributed by atoms with Crippen LogP contribution in [0.15, 0.2) is 18.2 Å². The molecule has 2 fully saturated rings. The summed E-state index contributed by atoms with van der Waals surface area (Å²) in [5.41, 5.74) is 2.13. The van der Waals surface area contributed by atoms with Crippen molar-refractivity contribution in [3.63, 3.8) is 0 Å². The number of carbonyl (C=O) groups excluding carboxylic acids is 1. The topological polar surface area (TPSA) is 69.7 Å². The van der Waals surface area contributed by atoms with Crippen molar-refractivity contribution < 1.29 is 13.2 Å². The van der Waals surface area contributed by atoms with Crippen LogP contribution in [0.1, 0.15) is 29.3 Å². The first-order valence-corrected chi connectivity index (χ1v) is 9.64. The quantitative estimate of drug-likeness (QED) is 0.873. The fourth-order valence-corrected chi connectivity index (χ4v) is 4.83. The summed E-state index contributed by atoms with van der Waals surface area (Å²) in [6.45, 7) is 6.72. The average molecular weight is 337 g/mol. The highest BCUT2D eigenvalue weighted by Crippen LogP contribution is 2.27. The first-order chi connectivity index (χ1) is 10.9. The molecule has 0 aliphatic carbocycles. The largest absolute Gasteiger partial charge is 0.333 e. The molecule has 126 valence electrons. The highest BCUT2D eigenvalue weighted by Gasteiger charge is 2.30. The van der Waals surface area contributed by atoms with Crippen molar-refractivity contribution in [2.45, 2.75) is 26.3 Å². The second-order valence-electron chi connectivity index (χ2n) is 6.29. The molecule has 23 heavy (non-hydrogen) atoms. The van der Waals surface area contributed by atoms with E-state index >= 15 is 0 Å². The molecule has 0 bridgehead atoms. The second-order valence-corrected chi connectivity index (χ2v) is 8.31. The summed E-state index contributed by atoms with van der Waals surface area (Å²) in [6, 6.07) is 5.48. The van der Waals surface area contributed by atoms with Crippen molar-refractivity contribution in [3.8, 4) is 0 Å². The molecule has 6 nitrogen and oxygen atoms in total. The molecular formula is C16H23N3O3S. The molecule has 1 N–H and O–H groups in total. The highest BCUT2D eigenvalue weighted by atomic mass is 32.2. The van der Waals surface area contributed by atoms with Crippen LogP contribution < -0.4 is 9.62 Å². The van der Waals surface area contributed by atoms with Gasteiger partial charge in [-0.25, -0.2) is 8.42 Å². The van der Waals surface area contributed by atoms with Gasteiger partial charge in [0.15, 0.2) is 0 Å². The third-order valence-corrected chi connectivity index (χ3v) is 6.46. The highest BCUT2D eigenvalue weighted by molar-refractivity contribution is 7.93. The summed E-state index contributed by atoms with van der Waals surface area (Å²) in [5, 5.41) is 3.27. The molecule has 2 aliphatic heterocycles. The number of carbonyl (C=O) groups is 1. The molecule has 3 rings (SSSR count). The zero-order chi connectivity index (χ0) is 16.6. The lowest BCUT2D eigenvalue weighted by Crippen LogP contribution is -2.52. The molecule has 0 spiro atoms. The Balaban J connectivity index is 1.86. The minimum atomic E-state index is -3.19. The van der Waals surface area contributed by atoms with Gasteiger partial charge >= 0.3 is 0 Å². The molecular weight excluding hydrogens is 314 g/mol. The third kappa shape index (κ3) is 3.07. The summed E-state index contributed by atoms with van der Waals surface area (Å²) >= 11 is 0. The van der Waals surface area contributed by atoms with E-state index in [0.717, 1.165) is 18.7 Å². The van der Waals surface area contributed by atoms with Crippen LogP contribution in [0, 0.1) is 6.92 Å². The van der Waals surface area contributed by atoms with Gasteiger partial charge in [-0.1, -0.05) is 0 Å². The second kappa shape index (κ2) is 6.13. The molecule has 7 heteroatoms. The van der Waals surface area contributed by atoms with E-state index in [1.807, 2.05) is 24.8 Å². The van der Waals surface area contributed by atoms with Crippen LogP contribution in [0.4, 0.5) is 5.69 Å². The van der Waals surface area contributed by atoms with Gasteiger partial charge in [0.1, 0.15) is 0 Å². The van der Waals surface area contributed by atoms with Crippen molar-refractivity contribution in [2.24, 2.45) is 0 Å². The van der Waals surface area contributed by atoms with Gasteiger partial charge in [-0.2, -0.15) is 0 Å². The number of anilines is 1. The van der Waals surface area contributed by atoms with Crippen molar-refractivity contribution in [3.05, 3.63) is 29.3 Å². The van der Waals surface area contributed by atoms with Crippen LogP contribution in [0.25, 0.3) is 0 Å². The minimum absolute atomic E-state index is 0.0207. The summed E-state index contributed by atoms with van der Waals surface area (Å²) in [6.07, 6.45) is 0.653. The maximum absolute atomic E-state index is 12.8. The van der Waals surface area contributed by atoms with E-state index in [9.17, 15) is 13.2 Å². The maximum Gasteiger partial charge on any atom is 0.254 e. The summed E-state index contributed by atoms with van der Waals surface area (Å²) < 4.78 is 25.5. The lowest BCUT2D eigenvalue weighted by molar-refractivity contribution is 0.0655. The Morgan fingerprint density at radius 2 is 2.09 bits per heavy atom. The lowest BCUT2D eigenvalue weighted by atomic mass is 10.0. The van der Waals surface area contributed by atoms with Crippen molar-refractivity contribution in [1.82, 2.24) is 10.2 Å². The number of sulfonamides is 1. The van der Waals surface area contributed by atoms with Crippen LogP contribution in [0.5, 0.6) is 0 Å². The van der Waals surface area contributed by atoms with E-state index in [4.69, 9.17) is 0 Å². The Kier molecular flexibility index (Phi) is 4.33. The van der Waals surface area contributed by atoms with Crippen molar-refractivity contribution >= 4 is 21.6 Å². The number of amides is 1. The van der Waals surface area contributed by atoms with Crippen LogP contribution >= 0.6 is 0 Å². The number of nitrogens with one attached hydrogen (secondary N) is 1. The van der Waals surface area contributed by atoms with E-state index in [2.05, 4.69) is 5.32 Å². The number of piperazine rings is 1. The van der Waals surface area contributed by atoms with Crippen LogP contribution in [-0.2, 0) is 10.0 Å². The molecule has 1 atom stereocenters. The van der Waals surface area contributed by atoms with Gasteiger partial charge in [0, 0.05) is 37.8 Å². The van der Waals surface area contributed by atoms with Crippen LogP contribution in [0.2, 0.25) is 0 Å². The number of benzene rings is 1. The standard InChI is InChI=1S/C16H23N3O3S/c1-12-10-14(19-7-3-9-23(19,21)22)4-5-15(12)16(20)18-8-6-17-11-13(18)2/h4-5,10,13,17H,3,6-9,11H2,1-2H3/t13-/m0/s1. The Bertz CT molecular complexity index is 717. The molecule has 2 saturated heterocycles. The summed E-state index contributed by atoms with van der Waals surface area (Å²) in [4.78, 5) is 14.6. The van der Waals surface area contributed by atoms with E-state index in [0.29, 0.717) is 30.8 Å². The SMILES string of the molecule is Cc1cc(N2CCCS2(=O)=O)ccc1C(=O)N1CCNC[C@@H]1C. The zero-order valence-electron chi connectivity index (χ0n) is 13.6. The predicted octanol–water partition coefficient (Wildman–Crippen LogP) is 0.969. The normalized spacial score (nSPS) is 24.0. The summed E-state index contributed by atoms with van der Waals surface area (Å²) in [7, 11) is -3.19. The number of hydrogen-bond acceptors (Lipinski definition) is 4. The van der Waals surface area contributed by atoms with Gasteiger partial charge in [-0.05, 0) is 44.0 Å². The molecule has 0 radical (unpaired) electrons. The monoisotopic (exact) mass is 337 g/mol. The first-order valence-electron chi connectivity index (χ1n) is 8.03. The number of hydrogen-bond donors (Lipinski definition) is 1. The molecule has 2 aliphatic rings. The van der Waals surface area contributed by atoms with Crippen molar-refractivity contribution in [2.75, 3.05) is 36.2 Å². The van der Waals surface area contributed by atoms with Gasteiger partial charge in [0.25, 0.3) is 5.91 Å². The van der Waals surface area contributed by atoms with Gasteiger partial charge in [-0.15, -0.1) is 0 Å². The Morgan fingerprint density at radius 1 is 1.30 bits per heavy atom. The first kappa shape index (κ1) is 16.3. The number of nitrogens with zero attached hydrogens (tertiary/aromatic N) is 2. The predicted molar refractivity (Wildman–Crippen MR) is 90.3 cm³/mol. The molecule has 1 amide bonds. The smallest absolute Gasteiger partial charge is 0.254 e. The Labute approximate surface area is 137 Å². The fourth-order valence-electron chi connectivity index (χ4n) is 3.27. The molecule has 0 unspecified atom stereocenters. The van der Waals surface area contributed by atoms with E-state index in [1.54, 1.807) is 12.1 Å². The number of rotatable bonds is 2. The molecule has 2 heterocycles. The lowest BCUT2D eigenvalue weighted by Gasteiger charge is -2.34. The molecule has 1 aromatic rings. The Hall–Kier alpha value is -1.60. The molecule has 0 saturated carbocycles. The van der Waals surface area contributed by atoms with Gasteiger partial charge in [-0.3, -0.25) is 9.10 Å². The van der Waals surface area contributed by atoms with Crippen molar-refractivity contribution in [1.29, 1.82) is 0 Å². The molecule has 0 aromatic heterocycles. The zero-order valence-corrected chi connectivity index (χ0v) is 14.4. The van der Waals surface area contributed by atoms with Crippen LogP contribution in [0.3, 0.4) is 0 Å². The Morgan fingerprint density at radius 3 is 2.70 bits per heavy atom. The van der Waals surface area contributed by atoms with E-state index in [-0.39, 0.29) is 17.7 Å². The van der Waals surface area contributed by atoms with Gasteiger partial charge in [0.05, 0.1) is 11.4 Å². The molecule has 1 aromatic carbocycles. The maximum atomic E-state index is 12.8. The summed E-state index contributed by atoms with van der Waals surface area (Å²) in [5.74, 6) is 0.220. The number of aryl methyl sites for hydroxylation is 1. The fraction of sp³-hybridized carbons (Fsp3) is 0.562. The average Bonchev–Trinajstić information content (AvgIpc) is 2.86.